The Balaban J connectivity index is 1.17. The number of thiophene rings is 1. The summed E-state index contributed by atoms with van der Waals surface area (Å²) < 4.78 is 0. The molecule has 3 aromatic rings. The van der Waals surface area contributed by atoms with E-state index in [4.69, 9.17) is 0 Å². The van der Waals surface area contributed by atoms with Crippen LogP contribution in [-0.4, -0.2) is 45.0 Å². The summed E-state index contributed by atoms with van der Waals surface area (Å²) in [5, 5.41) is 14.7. The fourth-order valence-corrected chi connectivity index (χ4v) is 6.71. The Morgan fingerprint density at radius 1 is 1.15 bits per heavy atom. The quantitative estimate of drug-likeness (QED) is 0.519. The van der Waals surface area contributed by atoms with E-state index in [2.05, 4.69) is 48.2 Å². The van der Waals surface area contributed by atoms with Gasteiger partial charge in [-0.25, -0.2) is 4.98 Å². The van der Waals surface area contributed by atoms with Gasteiger partial charge in [0.05, 0.1) is 15.6 Å². The Labute approximate surface area is 201 Å². The van der Waals surface area contributed by atoms with Crippen LogP contribution in [0.15, 0.2) is 29.0 Å². The number of thiazole rings is 1. The van der Waals surface area contributed by atoms with Crippen LogP contribution in [0.4, 0.5) is 5.82 Å². The van der Waals surface area contributed by atoms with E-state index in [-0.39, 0.29) is 28.6 Å². The number of carbonyl (C=O) groups is 2. The maximum atomic E-state index is 13.0. The van der Waals surface area contributed by atoms with Crippen LogP contribution < -0.4 is 5.32 Å². The van der Waals surface area contributed by atoms with Gasteiger partial charge in [0.25, 0.3) is 5.91 Å². The number of carbonyl (C=O) groups excluding carboxylic acids is 2. The second kappa shape index (κ2) is 8.06. The van der Waals surface area contributed by atoms with Gasteiger partial charge in [-0.15, -0.1) is 22.7 Å². The summed E-state index contributed by atoms with van der Waals surface area (Å²) in [7, 11) is 0. The highest BCUT2D eigenvalue weighted by atomic mass is 32.1. The molecule has 9 heteroatoms. The molecule has 2 N–H and O–H groups in total. The molecule has 7 nitrogen and oxygen atoms in total. The molecule has 0 unspecified atom stereocenters. The number of hydrogen-bond acceptors (Lipinski definition) is 6. The number of rotatable bonds is 5. The van der Waals surface area contributed by atoms with Crippen LogP contribution in [0.2, 0.25) is 0 Å². The second-order valence-electron chi connectivity index (χ2n) is 10.1. The number of piperidine rings is 1. The van der Waals surface area contributed by atoms with Crippen molar-refractivity contribution in [3.63, 3.8) is 0 Å². The number of hydrogen-bond donors (Lipinski definition) is 2. The maximum absolute atomic E-state index is 13.0. The molecule has 2 amide bonds. The Bertz CT molecular complexity index is 1160. The van der Waals surface area contributed by atoms with E-state index < -0.39 is 0 Å². The number of nitrogens with one attached hydrogen (secondary N) is 2. The van der Waals surface area contributed by atoms with Crippen LogP contribution in [0.25, 0.3) is 10.6 Å². The molecule has 4 heterocycles. The van der Waals surface area contributed by atoms with E-state index in [0.717, 1.165) is 41.5 Å². The molecule has 1 aliphatic carbocycles. The summed E-state index contributed by atoms with van der Waals surface area (Å²) in [6.45, 7) is 10.3. The van der Waals surface area contributed by atoms with Crippen molar-refractivity contribution >= 4 is 40.3 Å². The number of nitrogens with zero attached hydrogens (tertiary/aromatic N) is 3. The van der Waals surface area contributed by atoms with Gasteiger partial charge in [0, 0.05) is 36.4 Å². The second-order valence-corrected chi connectivity index (χ2v) is 12.0. The van der Waals surface area contributed by atoms with Crippen LogP contribution in [0.5, 0.6) is 0 Å². The van der Waals surface area contributed by atoms with Crippen molar-refractivity contribution in [1.82, 2.24) is 20.1 Å². The molecule has 2 aliphatic rings. The minimum atomic E-state index is -0.257. The number of likely N-dealkylation sites (tertiary alicyclic amines) is 1. The van der Waals surface area contributed by atoms with E-state index >= 15 is 0 Å². The summed E-state index contributed by atoms with van der Waals surface area (Å²) in [5.74, 6) is 0.919. The average Bonchev–Trinajstić information content (AvgIpc) is 3.43. The molecule has 0 atom stereocenters. The average molecular weight is 484 g/mol. The molecule has 174 valence electrons. The van der Waals surface area contributed by atoms with Crippen LogP contribution in [0, 0.1) is 16.7 Å². The third-order valence-corrected chi connectivity index (χ3v) is 9.69. The number of H-pyrrole nitrogens is 1. The smallest absolute Gasteiger partial charge is 0.276 e. The Morgan fingerprint density at radius 2 is 1.88 bits per heavy atom. The van der Waals surface area contributed by atoms with Crippen LogP contribution >= 0.6 is 22.7 Å². The van der Waals surface area contributed by atoms with Gasteiger partial charge in [0.15, 0.2) is 5.82 Å². The molecular weight excluding hydrogens is 454 g/mol. The Kier molecular flexibility index (Phi) is 5.44. The zero-order chi connectivity index (χ0) is 23.4. The molecule has 0 spiro atoms. The lowest BCUT2D eigenvalue weighted by Crippen LogP contribution is -2.39. The van der Waals surface area contributed by atoms with E-state index in [0.29, 0.717) is 17.4 Å². The van der Waals surface area contributed by atoms with Crippen LogP contribution in [0.3, 0.4) is 0 Å². The number of aromatic amines is 1. The highest BCUT2D eigenvalue weighted by Gasteiger charge is 2.68. The topological polar surface area (TPSA) is 91.0 Å². The Morgan fingerprint density at radius 3 is 2.52 bits per heavy atom. The maximum Gasteiger partial charge on any atom is 0.276 e. The molecule has 1 aliphatic heterocycles. The summed E-state index contributed by atoms with van der Waals surface area (Å²) in [4.78, 5) is 33.4. The van der Waals surface area contributed by atoms with Gasteiger partial charge >= 0.3 is 0 Å². The van der Waals surface area contributed by atoms with Crippen molar-refractivity contribution in [2.45, 2.75) is 46.5 Å². The predicted molar refractivity (Wildman–Crippen MR) is 132 cm³/mol. The summed E-state index contributed by atoms with van der Waals surface area (Å²) in [6, 6.07) is 5.80. The van der Waals surface area contributed by atoms with E-state index in [1.165, 1.54) is 11.3 Å². The standard InChI is InChI=1S/C24H29N5O2S2/c1-23(2)19(24(23,3)4)22(31)29-9-7-14(8-10-29)21-25-16(13-33-21)20(30)26-18-12-15(27-28-18)17-6-5-11-32-17/h5-6,11-14,19H,7-10H2,1-4H3,(H2,26,27,28,30). The molecule has 0 bridgehead atoms. The summed E-state index contributed by atoms with van der Waals surface area (Å²) >= 11 is 3.14. The van der Waals surface area contributed by atoms with Gasteiger partial charge in [-0.1, -0.05) is 33.8 Å². The number of aromatic nitrogens is 3. The van der Waals surface area contributed by atoms with Crippen LogP contribution in [-0.2, 0) is 4.79 Å². The van der Waals surface area contributed by atoms with Gasteiger partial charge in [0.2, 0.25) is 5.91 Å². The zero-order valence-electron chi connectivity index (χ0n) is 19.3. The molecule has 5 rings (SSSR count). The minimum Gasteiger partial charge on any atom is -0.342 e. The first-order chi connectivity index (χ1) is 15.7. The Hall–Kier alpha value is -2.52. The monoisotopic (exact) mass is 483 g/mol. The summed E-state index contributed by atoms with van der Waals surface area (Å²) in [6.07, 6.45) is 1.77. The first kappa shape index (κ1) is 22.3. The van der Waals surface area contributed by atoms with E-state index in [1.807, 2.05) is 33.9 Å². The van der Waals surface area contributed by atoms with E-state index in [1.54, 1.807) is 11.3 Å². The SMILES string of the molecule is CC1(C)C(C(=O)N2CCC(c3nc(C(=O)Nc4cc(-c5cccs5)[nH]n4)cs3)CC2)C1(C)C. The third-order valence-electron chi connectivity index (χ3n) is 7.78. The van der Waals surface area contributed by atoms with Gasteiger partial charge in [-0.05, 0) is 35.1 Å². The molecule has 1 saturated heterocycles. The predicted octanol–water partition coefficient (Wildman–Crippen LogP) is 5.24. The molecular formula is C24H29N5O2S2. The lowest BCUT2D eigenvalue weighted by atomic mass is 9.96. The lowest BCUT2D eigenvalue weighted by Gasteiger charge is -2.31. The lowest BCUT2D eigenvalue weighted by molar-refractivity contribution is -0.134. The van der Waals surface area contributed by atoms with Crippen molar-refractivity contribution in [2.24, 2.45) is 16.7 Å². The molecule has 0 radical (unpaired) electrons. The number of anilines is 1. The largest absolute Gasteiger partial charge is 0.342 e. The van der Waals surface area contributed by atoms with Gasteiger partial charge in [-0.3, -0.25) is 14.7 Å². The van der Waals surface area contributed by atoms with Crippen molar-refractivity contribution in [3.05, 3.63) is 39.7 Å². The van der Waals surface area contributed by atoms with Gasteiger partial charge in [-0.2, -0.15) is 5.10 Å². The summed E-state index contributed by atoms with van der Waals surface area (Å²) in [5.41, 5.74) is 1.42. The number of amides is 2. The van der Waals surface area contributed by atoms with E-state index in [9.17, 15) is 9.59 Å². The van der Waals surface area contributed by atoms with Crippen molar-refractivity contribution < 1.29 is 9.59 Å². The minimum absolute atomic E-state index is 0.0668. The zero-order valence-corrected chi connectivity index (χ0v) is 21.0. The molecule has 33 heavy (non-hydrogen) atoms. The molecule has 0 aromatic carbocycles. The van der Waals surface area contributed by atoms with Crippen molar-refractivity contribution in [2.75, 3.05) is 18.4 Å². The van der Waals surface area contributed by atoms with Gasteiger partial charge in [0.1, 0.15) is 5.69 Å². The first-order valence-electron chi connectivity index (χ1n) is 11.3. The third kappa shape index (κ3) is 3.91. The first-order valence-corrected chi connectivity index (χ1v) is 13.1. The van der Waals surface area contributed by atoms with Crippen molar-refractivity contribution in [3.8, 4) is 10.6 Å². The van der Waals surface area contributed by atoms with Crippen LogP contribution in [0.1, 0.15) is 62.0 Å². The normalized spacial score (nSPS) is 20.1. The van der Waals surface area contributed by atoms with Gasteiger partial charge < -0.3 is 10.2 Å². The fourth-order valence-electron chi connectivity index (χ4n) is 5.05. The highest BCUT2D eigenvalue weighted by molar-refractivity contribution is 7.13. The molecule has 2 fully saturated rings. The van der Waals surface area contributed by atoms with Crippen molar-refractivity contribution in [1.29, 1.82) is 0 Å². The fraction of sp³-hybridized carbons (Fsp3) is 0.500. The molecule has 1 saturated carbocycles. The highest BCUT2D eigenvalue weighted by Crippen LogP contribution is 2.68. The molecule has 3 aromatic heterocycles.